The number of fused-ring (bicyclic) bond motifs is 1. The summed E-state index contributed by atoms with van der Waals surface area (Å²) >= 11 is 1.50. The summed E-state index contributed by atoms with van der Waals surface area (Å²) in [6, 6.07) is 1.93. The molecule has 0 bridgehead atoms. The van der Waals surface area contributed by atoms with Crippen molar-refractivity contribution in [3.8, 4) is 0 Å². The van der Waals surface area contributed by atoms with Crippen LogP contribution in [-0.2, 0) is 7.05 Å². The summed E-state index contributed by atoms with van der Waals surface area (Å²) < 4.78 is 1.83. The van der Waals surface area contributed by atoms with Crippen LogP contribution in [0.4, 0.5) is 0 Å². The third-order valence-corrected chi connectivity index (χ3v) is 3.94. The minimum Gasteiger partial charge on any atom is -0.351 e. The van der Waals surface area contributed by atoms with Gasteiger partial charge in [-0.15, -0.1) is 11.3 Å². The molecule has 0 aliphatic carbocycles. The Bertz CT molecular complexity index is 507. The molecule has 5 heteroatoms. The topological polar surface area (TPSA) is 46.9 Å². The molecule has 0 unspecified atom stereocenters. The number of unbranched alkanes of at least 4 members (excludes halogenated alkanes) is 1. The van der Waals surface area contributed by atoms with Crippen molar-refractivity contribution in [2.45, 2.75) is 26.7 Å². The van der Waals surface area contributed by atoms with Gasteiger partial charge in [0.1, 0.15) is 4.83 Å². The lowest BCUT2D eigenvalue weighted by molar-refractivity contribution is 0.0957. The first-order valence-corrected chi connectivity index (χ1v) is 6.66. The molecule has 0 aliphatic heterocycles. The number of carbonyl (C=O) groups excluding carboxylic acids is 1. The van der Waals surface area contributed by atoms with Crippen molar-refractivity contribution in [1.29, 1.82) is 0 Å². The molecule has 0 atom stereocenters. The minimum absolute atomic E-state index is 0.0269. The molecular weight excluding hydrogens is 234 g/mol. The Labute approximate surface area is 105 Å². The van der Waals surface area contributed by atoms with E-state index in [-0.39, 0.29) is 5.91 Å². The van der Waals surface area contributed by atoms with Gasteiger partial charge < -0.3 is 5.32 Å². The summed E-state index contributed by atoms with van der Waals surface area (Å²) in [5, 5.41) is 8.33. The molecule has 0 saturated carbocycles. The van der Waals surface area contributed by atoms with Gasteiger partial charge >= 0.3 is 0 Å². The molecule has 0 aromatic carbocycles. The quantitative estimate of drug-likeness (QED) is 0.849. The van der Waals surface area contributed by atoms with Crippen LogP contribution in [0.1, 0.15) is 35.1 Å². The van der Waals surface area contributed by atoms with Gasteiger partial charge in [-0.05, 0) is 19.4 Å². The Kier molecular flexibility index (Phi) is 3.47. The Morgan fingerprint density at radius 1 is 1.59 bits per heavy atom. The van der Waals surface area contributed by atoms with Crippen LogP contribution in [-0.4, -0.2) is 22.2 Å². The molecule has 0 spiro atoms. The van der Waals surface area contributed by atoms with E-state index in [9.17, 15) is 4.79 Å². The minimum atomic E-state index is 0.0269. The predicted octanol–water partition coefficient (Wildman–Crippen LogP) is 2.47. The molecule has 92 valence electrons. The highest BCUT2D eigenvalue weighted by atomic mass is 32.1. The van der Waals surface area contributed by atoms with Crippen molar-refractivity contribution in [3.63, 3.8) is 0 Å². The number of hydrogen-bond acceptors (Lipinski definition) is 3. The summed E-state index contributed by atoms with van der Waals surface area (Å²) in [7, 11) is 1.91. The van der Waals surface area contributed by atoms with Crippen LogP contribution in [0.15, 0.2) is 6.07 Å². The van der Waals surface area contributed by atoms with Crippen molar-refractivity contribution in [3.05, 3.63) is 16.6 Å². The van der Waals surface area contributed by atoms with Crippen molar-refractivity contribution in [2.75, 3.05) is 6.54 Å². The number of nitrogens with zero attached hydrogens (tertiary/aromatic N) is 2. The van der Waals surface area contributed by atoms with E-state index in [2.05, 4.69) is 17.3 Å². The number of hydrogen-bond donors (Lipinski definition) is 1. The van der Waals surface area contributed by atoms with Gasteiger partial charge in [0.2, 0.25) is 0 Å². The van der Waals surface area contributed by atoms with Crippen LogP contribution in [0.5, 0.6) is 0 Å². The van der Waals surface area contributed by atoms with Crippen LogP contribution in [0.2, 0.25) is 0 Å². The second-order valence-corrected chi connectivity index (χ2v) is 5.18. The van der Waals surface area contributed by atoms with Gasteiger partial charge in [-0.1, -0.05) is 13.3 Å². The summed E-state index contributed by atoms with van der Waals surface area (Å²) in [6.07, 6.45) is 2.12. The van der Waals surface area contributed by atoms with Gasteiger partial charge in [0, 0.05) is 19.0 Å². The van der Waals surface area contributed by atoms with E-state index in [4.69, 9.17) is 0 Å². The molecule has 0 fully saturated rings. The SMILES string of the molecule is CCCCNC(=O)c1cc2c(C)nn(C)c2s1. The number of aryl methyl sites for hydroxylation is 2. The number of carbonyl (C=O) groups is 1. The number of thiophene rings is 1. The van der Waals surface area contributed by atoms with E-state index in [0.717, 1.165) is 40.2 Å². The van der Waals surface area contributed by atoms with E-state index in [1.165, 1.54) is 11.3 Å². The first kappa shape index (κ1) is 12.1. The monoisotopic (exact) mass is 251 g/mol. The third-order valence-electron chi connectivity index (χ3n) is 2.74. The zero-order valence-corrected chi connectivity index (χ0v) is 11.2. The van der Waals surface area contributed by atoms with Gasteiger partial charge in [0.25, 0.3) is 5.91 Å². The molecule has 0 aliphatic rings. The molecular formula is C12H17N3OS. The standard InChI is InChI=1S/C12H17N3OS/c1-4-5-6-13-11(16)10-7-9-8(2)14-15(3)12(9)17-10/h7H,4-6H2,1-3H3,(H,13,16). The maximum atomic E-state index is 11.9. The highest BCUT2D eigenvalue weighted by molar-refractivity contribution is 7.20. The second kappa shape index (κ2) is 4.87. The average molecular weight is 251 g/mol. The molecule has 0 radical (unpaired) electrons. The number of aromatic nitrogens is 2. The molecule has 0 saturated heterocycles. The fraction of sp³-hybridized carbons (Fsp3) is 0.500. The maximum absolute atomic E-state index is 11.9. The predicted molar refractivity (Wildman–Crippen MR) is 70.6 cm³/mol. The first-order chi connectivity index (χ1) is 8.13. The molecule has 2 aromatic heterocycles. The van der Waals surface area contributed by atoms with Crippen LogP contribution in [0, 0.1) is 6.92 Å². The normalized spacial score (nSPS) is 11.0. The molecule has 2 rings (SSSR count). The van der Waals surface area contributed by atoms with Gasteiger partial charge in [-0.25, -0.2) is 0 Å². The fourth-order valence-electron chi connectivity index (χ4n) is 1.78. The number of amides is 1. The van der Waals surface area contributed by atoms with Crippen LogP contribution >= 0.6 is 11.3 Å². The Balaban J connectivity index is 2.19. The smallest absolute Gasteiger partial charge is 0.261 e. The number of rotatable bonds is 4. The van der Waals surface area contributed by atoms with Crippen molar-refractivity contribution in [1.82, 2.24) is 15.1 Å². The summed E-state index contributed by atoms with van der Waals surface area (Å²) in [6.45, 7) is 4.83. The summed E-state index contributed by atoms with van der Waals surface area (Å²) in [5.74, 6) is 0.0269. The molecule has 1 amide bonds. The zero-order chi connectivity index (χ0) is 12.4. The van der Waals surface area contributed by atoms with E-state index >= 15 is 0 Å². The summed E-state index contributed by atoms with van der Waals surface area (Å²) in [4.78, 5) is 13.7. The second-order valence-electron chi connectivity index (χ2n) is 4.15. The maximum Gasteiger partial charge on any atom is 0.261 e. The van der Waals surface area contributed by atoms with Crippen molar-refractivity contribution >= 4 is 27.5 Å². The molecule has 17 heavy (non-hydrogen) atoms. The Hall–Kier alpha value is -1.36. The average Bonchev–Trinajstić information content (AvgIpc) is 2.82. The Morgan fingerprint density at radius 3 is 3.00 bits per heavy atom. The highest BCUT2D eigenvalue weighted by Crippen LogP contribution is 2.27. The zero-order valence-electron chi connectivity index (χ0n) is 10.4. The van der Waals surface area contributed by atoms with Gasteiger partial charge in [-0.3, -0.25) is 9.48 Å². The van der Waals surface area contributed by atoms with E-state index in [0.29, 0.717) is 0 Å². The summed E-state index contributed by atoms with van der Waals surface area (Å²) in [5.41, 5.74) is 0.978. The third kappa shape index (κ3) is 2.34. The van der Waals surface area contributed by atoms with E-state index < -0.39 is 0 Å². The van der Waals surface area contributed by atoms with E-state index in [1.807, 2.05) is 24.7 Å². The lowest BCUT2D eigenvalue weighted by atomic mass is 10.3. The van der Waals surface area contributed by atoms with Crippen LogP contribution in [0.3, 0.4) is 0 Å². The molecule has 2 aromatic rings. The van der Waals surface area contributed by atoms with E-state index in [1.54, 1.807) is 0 Å². The van der Waals surface area contributed by atoms with Gasteiger partial charge in [-0.2, -0.15) is 5.10 Å². The molecule has 1 N–H and O–H groups in total. The van der Waals surface area contributed by atoms with Crippen LogP contribution < -0.4 is 5.32 Å². The first-order valence-electron chi connectivity index (χ1n) is 5.84. The lowest BCUT2D eigenvalue weighted by Gasteiger charge is -2.00. The number of nitrogens with one attached hydrogen (secondary N) is 1. The Morgan fingerprint density at radius 2 is 2.35 bits per heavy atom. The fourth-order valence-corrected chi connectivity index (χ4v) is 2.82. The largest absolute Gasteiger partial charge is 0.351 e. The van der Waals surface area contributed by atoms with Gasteiger partial charge in [0.15, 0.2) is 0 Å². The molecule has 2 heterocycles. The van der Waals surface area contributed by atoms with Gasteiger partial charge in [0.05, 0.1) is 10.6 Å². The lowest BCUT2D eigenvalue weighted by Crippen LogP contribution is -2.23. The molecule has 4 nitrogen and oxygen atoms in total. The highest BCUT2D eigenvalue weighted by Gasteiger charge is 2.14. The van der Waals surface area contributed by atoms with Crippen molar-refractivity contribution in [2.24, 2.45) is 7.05 Å². The van der Waals surface area contributed by atoms with Crippen LogP contribution in [0.25, 0.3) is 10.2 Å². The van der Waals surface area contributed by atoms with Crippen molar-refractivity contribution < 1.29 is 4.79 Å².